The summed E-state index contributed by atoms with van der Waals surface area (Å²) in [5.74, 6) is -3.64. The molecule has 0 spiro atoms. The Morgan fingerprint density at radius 1 is 1.16 bits per heavy atom. The first-order chi connectivity index (χ1) is 11.8. The van der Waals surface area contributed by atoms with Gasteiger partial charge < -0.3 is 5.11 Å². The Kier molecular flexibility index (Phi) is 5.68. The van der Waals surface area contributed by atoms with Crippen LogP contribution in [0.15, 0.2) is 18.2 Å². The third kappa shape index (κ3) is 4.31. The van der Waals surface area contributed by atoms with Gasteiger partial charge in [0.05, 0.1) is 16.8 Å². The van der Waals surface area contributed by atoms with E-state index in [2.05, 4.69) is 10.9 Å². The molecule has 0 aromatic heterocycles. The average Bonchev–Trinajstić information content (AvgIpc) is 2.58. The van der Waals surface area contributed by atoms with Gasteiger partial charge >= 0.3 is 5.97 Å². The van der Waals surface area contributed by atoms with E-state index in [4.69, 9.17) is 0 Å². The number of rotatable bonds is 4. The second-order valence-corrected chi connectivity index (χ2v) is 6.04. The molecule has 9 heteroatoms. The molecule has 0 heterocycles. The van der Waals surface area contributed by atoms with Crippen molar-refractivity contribution in [2.75, 3.05) is 0 Å². The summed E-state index contributed by atoms with van der Waals surface area (Å²) in [7, 11) is 0. The molecule has 1 fully saturated rings. The summed E-state index contributed by atoms with van der Waals surface area (Å²) in [6.45, 7) is 1.51. The van der Waals surface area contributed by atoms with Crippen LogP contribution in [-0.2, 0) is 9.59 Å². The van der Waals surface area contributed by atoms with Gasteiger partial charge in [0.15, 0.2) is 0 Å². The largest absolute Gasteiger partial charge is 0.481 e. The van der Waals surface area contributed by atoms with Crippen LogP contribution in [0.3, 0.4) is 0 Å². The molecule has 25 heavy (non-hydrogen) atoms. The molecule has 2 rings (SSSR count). The topological polar surface area (TPSA) is 139 Å². The molecule has 2 atom stereocenters. The molecule has 0 saturated heterocycles. The molecule has 1 aromatic rings. The van der Waals surface area contributed by atoms with Crippen LogP contribution < -0.4 is 10.9 Å². The van der Waals surface area contributed by atoms with E-state index in [1.54, 1.807) is 0 Å². The smallest absolute Gasteiger partial charge is 0.307 e. The minimum absolute atomic E-state index is 0.105. The van der Waals surface area contributed by atoms with Gasteiger partial charge in [0.2, 0.25) is 5.91 Å². The second kappa shape index (κ2) is 7.73. The number of aliphatic carboxylic acids is 1. The molecule has 1 aliphatic rings. The lowest BCUT2D eigenvalue weighted by atomic mass is 9.79. The third-order valence-electron chi connectivity index (χ3n) is 4.37. The highest BCUT2D eigenvalue weighted by molar-refractivity contribution is 5.96. The molecule has 3 N–H and O–H groups in total. The molecule has 0 unspecified atom stereocenters. The van der Waals surface area contributed by atoms with Crippen molar-refractivity contribution in [2.45, 2.75) is 32.6 Å². The molecule has 0 aliphatic heterocycles. The van der Waals surface area contributed by atoms with Gasteiger partial charge in [0.1, 0.15) is 0 Å². The Balaban J connectivity index is 1.99. The first-order valence-electron chi connectivity index (χ1n) is 7.89. The number of aryl methyl sites for hydroxylation is 1. The van der Waals surface area contributed by atoms with E-state index in [1.807, 2.05) is 0 Å². The van der Waals surface area contributed by atoms with Crippen LogP contribution in [0.1, 0.15) is 41.6 Å². The molecule has 0 radical (unpaired) electrons. The Bertz CT molecular complexity index is 718. The van der Waals surface area contributed by atoms with Crippen molar-refractivity contribution in [3.63, 3.8) is 0 Å². The van der Waals surface area contributed by atoms with Crippen molar-refractivity contribution >= 4 is 23.5 Å². The number of nitrogens with one attached hydrogen (secondary N) is 2. The lowest BCUT2D eigenvalue weighted by Gasteiger charge is -2.27. The second-order valence-electron chi connectivity index (χ2n) is 6.04. The number of hydrazine groups is 1. The van der Waals surface area contributed by atoms with Gasteiger partial charge in [-0.05, 0) is 31.9 Å². The molecule has 1 saturated carbocycles. The van der Waals surface area contributed by atoms with Crippen LogP contribution in [0.25, 0.3) is 0 Å². The van der Waals surface area contributed by atoms with Gasteiger partial charge in [-0.1, -0.05) is 12.8 Å². The summed E-state index contributed by atoms with van der Waals surface area (Å²) >= 11 is 0. The highest BCUT2D eigenvalue weighted by Crippen LogP contribution is 2.30. The maximum atomic E-state index is 12.2. The Hall–Kier alpha value is -2.97. The minimum atomic E-state index is -1.02. The average molecular weight is 349 g/mol. The molecule has 1 aliphatic carbocycles. The zero-order chi connectivity index (χ0) is 18.6. The predicted molar refractivity (Wildman–Crippen MR) is 86.5 cm³/mol. The lowest BCUT2D eigenvalue weighted by Crippen LogP contribution is -2.47. The number of nitro benzene ring substituents is 1. The van der Waals surface area contributed by atoms with Crippen molar-refractivity contribution < 1.29 is 24.4 Å². The number of carboxylic acid groups (broad SMARTS) is 1. The normalized spacial score (nSPS) is 19.7. The van der Waals surface area contributed by atoms with E-state index >= 15 is 0 Å². The fourth-order valence-electron chi connectivity index (χ4n) is 3.03. The SMILES string of the molecule is Cc1cc(C(=O)NNC(=O)[C@@H]2CCCC[C@@H]2C(=O)O)ccc1[N+](=O)[O-]. The van der Waals surface area contributed by atoms with Gasteiger partial charge in [0.25, 0.3) is 11.6 Å². The summed E-state index contributed by atoms with van der Waals surface area (Å²) in [4.78, 5) is 45.7. The van der Waals surface area contributed by atoms with E-state index in [0.717, 1.165) is 12.8 Å². The molecule has 134 valence electrons. The van der Waals surface area contributed by atoms with E-state index < -0.39 is 34.5 Å². The maximum Gasteiger partial charge on any atom is 0.307 e. The van der Waals surface area contributed by atoms with Crippen molar-refractivity contribution in [3.8, 4) is 0 Å². The van der Waals surface area contributed by atoms with Crippen molar-refractivity contribution in [2.24, 2.45) is 11.8 Å². The highest BCUT2D eigenvalue weighted by Gasteiger charge is 2.35. The summed E-state index contributed by atoms with van der Waals surface area (Å²) in [6, 6.07) is 3.85. The zero-order valence-corrected chi connectivity index (χ0v) is 13.7. The van der Waals surface area contributed by atoms with Crippen LogP contribution >= 0.6 is 0 Å². The number of carbonyl (C=O) groups is 3. The summed E-state index contributed by atoms with van der Waals surface area (Å²) in [5.41, 5.74) is 4.86. The zero-order valence-electron chi connectivity index (χ0n) is 13.7. The van der Waals surface area contributed by atoms with Gasteiger partial charge in [-0.2, -0.15) is 0 Å². The number of hydrogen-bond donors (Lipinski definition) is 3. The number of hydrogen-bond acceptors (Lipinski definition) is 5. The molecular formula is C16H19N3O6. The number of nitro groups is 1. The molecule has 1 aromatic carbocycles. The quantitative estimate of drug-likeness (QED) is 0.557. The van der Waals surface area contributed by atoms with Gasteiger partial charge in [-0.3, -0.25) is 35.3 Å². The van der Waals surface area contributed by atoms with Crippen LogP contribution in [0.5, 0.6) is 0 Å². The van der Waals surface area contributed by atoms with Crippen LogP contribution in [-0.4, -0.2) is 27.8 Å². The minimum Gasteiger partial charge on any atom is -0.481 e. The highest BCUT2D eigenvalue weighted by atomic mass is 16.6. The number of benzene rings is 1. The summed E-state index contributed by atoms with van der Waals surface area (Å²) in [6.07, 6.45) is 2.41. The van der Waals surface area contributed by atoms with Crippen LogP contribution in [0, 0.1) is 28.9 Å². The standard InChI is InChI=1S/C16H19N3O6/c1-9-8-10(6-7-13(9)19(24)25)14(20)17-18-15(21)11-4-2-3-5-12(11)16(22)23/h6-8,11-12H,2-5H2,1H3,(H,17,20)(H,18,21)(H,22,23)/t11-,12+/m1/s1. The van der Waals surface area contributed by atoms with E-state index in [1.165, 1.54) is 25.1 Å². The van der Waals surface area contributed by atoms with Gasteiger partial charge in [0, 0.05) is 17.2 Å². The Labute approximate surface area is 143 Å². The van der Waals surface area contributed by atoms with Crippen LogP contribution in [0.2, 0.25) is 0 Å². The van der Waals surface area contributed by atoms with Crippen molar-refractivity contribution in [1.29, 1.82) is 0 Å². The number of nitrogens with zero attached hydrogens (tertiary/aromatic N) is 1. The predicted octanol–water partition coefficient (Wildman–Crippen LogP) is 1.56. The monoisotopic (exact) mass is 349 g/mol. The van der Waals surface area contributed by atoms with Crippen molar-refractivity contribution in [3.05, 3.63) is 39.4 Å². The fraction of sp³-hybridized carbons (Fsp3) is 0.438. The molecule has 2 amide bonds. The number of carboxylic acids is 1. The van der Waals surface area contributed by atoms with E-state index in [0.29, 0.717) is 18.4 Å². The van der Waals surface area contributed by atoms with Gasteiger partial charge in [-0.15, -0.1) is 0 Å². The molecule has 9 nitrogen and oxygen atoms in total. The molecular weight excluding hydrogens is 330 g/mol. The summed E-state index contributed by atoms with van der Waals surface area (Å²) in [5, 5.41) is 20.0. The van der Waals surface area contributed by atoms with Crippen LogP contribution in [0.4, 0.5) is 5.69 Å². The fourth-order valence-corrected chi connectivity index (χ4v) is 3.03. The number of amides is 2. The molecule has 0 bridgehead atoms. The Morgan fingerprint density at radius 3 is 2.36 bits per heavy atom. The Morgan fingerprint density at radius 2 is 1.80 bits per heavy atom. The summed E-state index contributed by atoms with van der Waals surface area (Å²) < 4.78 is 0. The van der Waals surface area contributed by atoms with E-state index in [9.17, 15) is 29.6 Å². The maximum absolute atomic E-state index is 12.2. The van der Waals surface area contributed by atoms with Gasteiger partial charge in [-0.25, -0.2) is 0 Å². The number of carbonyl (C=O) groups excluding carboxylic acids is 2. The first-order valence-corrected chi connectivity index (χ1v) is 7.89. The lowest BCUT2D eigenvalue weighted by molar-refractivity contribution is -0.385. The van der Waals surface area contributed by atoms with E-state index in [-0.39, 0.29) is 11.3 Å². The third-order valence-corrected chi connectivity index (χ3v) is 4.37. The first kappa shape index (κ1) is 18.4. The van der Waals surface area contributed by atoms with Crippen molar-refractivity contribution in [1.82, 2.24) is 10.9 Å².